The maximum absolute atomic E-state index is 12.2. The van der Waals surface area contributed by atoms with E-state index in [1.807, 2.05) is 30.3 Å². The Morgan fingerprint density at radius 1 is 1.00 bits per heavy atom. The van der Waals surface area contributed by atoms with Crippen molar-refractivity contribution in [3.63, 3.8) is 0 Å². The number of hydrogen-bond donors (Lipinski definition) is 1. The zero-order chi connectivity index (χ0) is 15.7. The molecule has 0 amide bonds. The van der Waals surface area contributed by atoms with Crippen molar-refractivity contribution in [2.24, 2.45) is 0 Å². The molecule has 4 heteroatoms. The maximum atomic E-state index is 12.2. The maximum Gasteiger partial charge on any atom is 0.223 e. The van der Waals surface area contributed by atoms with Gasteiger partial charge in [-0.05, 0) is 29.3 Å². The van der Waals surface area contributed by atoms with E-state index in [0.717, 1.165) is 11.1 Å². The third-order valence-electron chi connectivity index (χ3n) is 3.57. The van der Waals surface area contributed by atoms with E-state index in [0.29, 0.717) is 27.6 Å². The molecule has 1 N–H and O–H groups in total. The molecule has 0 unspecified atom stereocenters. The average molecular weight is 331 g/mol. The Morgan fingerprint density at radius 2 is 1.73 bits per heavy atom. The van der Waals surface area contributed by atoms with Crippen molar-refractivity contribution in [1.29, 1.82) is 0 Å². The first kappa shape index (κ1) is 14.9. The van der Waals surface area contributed by atoms with Crippen LogP contribution >= 0.6 is 23.2 Å². The molecule has 0 bridgehead atoms. The van der Waals surface area contributed by atoms with E-state index in [1.54, 1.807) is 24.3 Å². The van der Waals surface area contributed by atoms with Crippen molar-refractivity contribution in [3.05, 3.63) is 81.0 Å². The lowest BCUT2D eigenvalue weighted by molar-refractivity contribution is -0.114. The fourth-order valence-electron chi connectivity index (χ4n) is 2.44. The van der Waals surface area contributed by atoms with Gasteiger partial charge in [-0.25, -0.2) is 0 Å². The van der Waals surface area contributed by atoms with Crippen LogP contribution in [0, 0.1) is 0 Å². The number of aliphatic hydroxyl groups is 1. The zero-order valence-electron chi connectivity index (χ0n) is 11.5. The Morgan fingerprint density at radius 3 is 2.41 bits per heavy atom. The highest BCUT2D eigenvalue weighted by molar-refractivity contribution is 6.42. The summed E-state index contributed by atoms with van der Waals surface area (Å²) >= 11 is 11.9. The molecule has 0 radical (unpaired) electrons. The molecule has 0 saturated heterocycles. The van der Waals surface area contributed by atoms with E-state index in [4.69, 9.17) is 23.2 Å². The topological polar surface area (TPSA) is 37.3 Å². The van der Waals surface area contributed by atoms with Gasteiger partial charge >= 0.3 is 0 Å². The molecule has 0 saturated carbocycles. The van der Waals surface area contributed by atoms with Crippen molar-refractivity contribution in [2.45, 2.75) is 6.42 Å². The highest BCUT2D eigenvalue weighted by Crippen LogP contribution is 2.35. The molecule has 1 aliphatic rings. The fraction of sp³-hybridized carbons (Fsp3) is 0.0556. The number of carbonyl (C=O) groups excluding carboxylic acids is 1. The molecule has 2 aromatic rings. The van der Waals surface area contributed by atoms with Gasteiger partial charge < -0.3 is 5.11 Å². The predicted octanol–water partition coefficient (Wildman–Crippen LogP) is 5.32. The second-order valence-electron chi connectivity index (χ2n) is 5.04. The van der Waals surface area contributed by atoms with E-state index in [1.165, 1.54) is 0 Å². The quantitative estimate of drug-likeness (QED) is 0.756. The van der Waals surface area contributed by atoms with E-state index in [-0.39, 0.29) is 11.5 Å². The van der Waals surface area contributed by atoms with Gasteiger partial charge in [0, 0.05) is 17.6 Å². The van der Waals surface area contributed by atoms with Crippen LogP contribution in [-0.4, -0.2) is 10.9 Å². The predicted molar refractivity (Wildman–Crippen MR) is 90.1 cm³/mol. The summed E-state index contributed by atoms with van der Waals surface area (Å²) < 4.78 is 0. The van der Waals surface area contributed by atoms with Crippen LogP contribution in [-0.2, 0) is 4.79 Å². The van der Waals surface area contributed by atoms with E-state index < -0.39 is 0 Å². The first-order valence-corrected chi connectivity index (χ1v) is 7.49. The Bertz CT molecular complexity index is 805. The van der Waals surface area contributed by atoms with Gasteiger partial charge in [0.2, 0.25) is 5.78 Å². The second-order valence-corrected chi connectivity index (χ2v) is 5.86. The minimum absolute atomic E-state index is 0.183. The molecule has 22 heavy (non-hydrogen) atoms. The first-order valence-electron chi connectivity index (χ1n) is 6.74. The molecule has 110 valence electrons. The fourth-order valence-corrected chi connectivity index (χ4v) is 2.75. The minimum Gasteiger partial charge on any atom is -0.504 e. The van der Waals surface area contributed by atoms with Crippen LogP contribution in [0.2, 0.25) is 10.0 Å². The SMILES string of the molecule is O=C1C(=Cc2ccc(Cl)c(Cl)c2)CC(c2ccccc2)=C1O. The third kappa shape index (κ3) is 2.80. The first-order chi connectivity index (χ1) is 10.6. The molecule has 0 atom stereocenters. The van der Waals surface area contributed by atoms with Crippen molar-refractivity contribution < 1.29 is 9.90 Å². The minimum atomic E-state index is -0.343. The molecule has 0 aromatic heterocycles. The molecule has 0 heterocycles. The summed E-state index contributed by atoms with van der Waals surface area (Å²) in [4.78, 5) is 12.2. The van der Waals surface area contributed by atoms with Gasteiger partial charge in [0.05, 0.1) is 10.0 Å². The van der Waals surface area contributed by atoms with Crippen LogP contribution in [0.4, 0.5) is 0 Å². The zero-order valence-corrected chi connectivity index (χ0v) is 13.0. The van der Waals surface area contributed by atoms with Crippen molar-refractivity contribution in [1.82, 2.24) is 0 Å². The number of carbonyl (C=O) groups is 1. The van der Waals surface area contributed by atoms with Crippen LogP contribution in [0.25, 0.3) is 11.6 Å². The van der Waals surface area contributed by atoms with Gasteiger partial charge in [0.25, 0.3) is 0 Å². The van der Waals surface area contributed by atoms with Gasteiger partial charge in [0.15, 0.2) is 5.76 Å². The van der Waals surface area contributed by atoms with Gasteiger partial charge in [-0.3, -0.25) is 4.79 Å². The third-order valence-corrected chi connectivity index (χ3v) is 4.31. The van der Waals surface area contributed by atoms with E-state index >= 15 is 0 Å². The number of ketones is 1. The largest absolute Gasteiger partial charge is 0.504 e. The number of Topliss-reactive ketones (excluding diaryl/α,β-unsaturated/α-hetero) is 1. The Balaban J connectivity index is 1.94. The van der Waals surface area contributed by atoms with Gasteiger partial charge in [-0.2, -0.15) is 0 Å². The van der Waals surface area contributed by atoms with Gasteiger partial charge in [0.1, 0.15) is 0 Å². The highest BCUT2D eigenvalue weighted by atomic mass is 35.5. The summed E-state index contributed by atoms with van der Waals surface area (Å²) in [5.74, 6) is -0.526. The molecule has 1 aliphatic carbocycles. The molecule has 0 aliphatic heterocycles. The van der Waals surface area contributed by atoms with Gasteiger partial charge in [-0.1, -0.05) is 59.6 Å². The Labute approximate surface area is 138 Å². The summed E-state index contributed by atoms with van der Waals surface area (Å²) in [5.41, 5.74) is 2.82. The summed E-state index contributed by atoms with van der Waals surface area (Å²) in [5, 5.41) is 11.0. The summed E-state index contributed by atoms with van der Waals surface area (Å²) in [7, 11) is 0. The lowest BCUT2D eigenvalue weighted by Gasteiger charge is -2.02. The lowest BCUT2D eigenvalue weighted by Crippen LogP contribution is -1.98. The normalized spacial score (nSPS) is 16.6. The molecule has 3 rings (SSSR count). The lowest BCUT2D eigenvalue weighted by atomic mass is 10.0. The van der Waals surface area contributed by atoms with E-state index in [9.17, 15) is 9.90 Å². The standard InChI is InChI=1S/C18H12Cl2O2/c19-15-7-6-11(9-16(15)20)8-13-10-14(18(22)17(13)21)12-4-2-1-3-5-12/h1-9,22H,10H2. The van der Waals surface area contributed by atoms with E-state index in [2.05, 4.69) is 0 Å². The van der Waals surface area contributed by atoms with Crippen molar-refractivity contribution >= 4 is 40.6 Å². The Hall–Kier alpha value is -2.03. The number of halogens is 2. The Kier molecular flexibility index (Phi) is 4.06. The number of hydrogen-bond acceptors (Lipinski definition) is 2. The van der Waals surface area contributed by atoms with Crippen LogP contribution in [0.3, 0.4) is 0 Å². The van der Waals surface area contributed by atoms with Crippen LogP contribution in [0.1, 0.15) is 17.5 Å². The second kappa shape index (κ2) is 5.99. The summed E-state index contributed by atoms with van der Waals surface area (Å²) in [6, 6.07) is 14.6. The number of rotatable bonds is 2. The van der Waals surface area contributed by atoms with Crippen LogP contribution in [0.5, 0.6) is 0 Å². The number of aliphatic hydroxyl groups excluding tert-OH is 1. The smallest absolute Gasteiger partial charge is 0.223 e. The molecule has 2 nitrogen and oxygen atoms in total. The monoisotopic (exact) mass is 330 g/mol. The van der Waals surface area contributed by atoms with Crippen LogP contribution in [0.15, 0.2) is 59.9 Å². The summed E-state index contributed by atoms with van der Waals surface area (Å²) in [6.07, 6.45) is 2.13. The molecular weight excluding hydrogens is 319 g/mol. The number of allylic oxidation sites excluding steroid dienone is 2. The summed E-state index contributed by atoms with van der Waals surface area (Å²) in [6.45, 7) is 0. The molecule has 0 spiro atoms. The molecular formula is C18H12Cl2O2. The van der Waals surface area contributed by atoms with Crippen LogP contribution < -0.4 is 0 Å². The van der Waals surface area contributed by atoms with Crippen molar-refractivity contribution in [3.8, 4) is 0 Å². The van der Waals surface area contributed by atoms with Crippen molar-refractivity contribution in [2.75, 3.05) is 0 Å². The molecule has 2 aromatic carbocycles. The highest BCUT2D eigenvalue weighted by Gasteiger charge is 2.28. The molecule has 0 fully saturated rings. The number of benzene rings is 2. The van der Waals surface area contributed by atoms with Gasteiger partial charge in [-0.15, -0.1) is 0 Å². The average Bonchev–Trinajstić information content (AvgIpc) is 2.80.